The molecule has 0 aromatic heterocycles. The number of alkyl halides is 2. The number of unbranched alkanes of at least 4 members (excludes halogenated alkanes) is 3. The highest BCUT2D eigenvalue weighted by atomic mass is 35.5. The first kappa shape index (κ1) is 16.9. The van der Waals surface area contributed by atoms with Crippen LogP contribution < -0.4 is 0 Å². The number of halogens is 2. The average molecular weight is 186 g/mol. The lowest BCUT2D eigenvalue weighted by Gasteiger charge is -1.86. The van der Waals surface area contributed by atoms with Crippen LogP contribution in [0.2, 0.25) is 0 Å². The van der Waals surface area contributed by atoms with Crippen LogP contribution in [0.1, 0.15) is 39.5 Å². The van der Waals surface area contributed by atoms with Gasteiger partial charge in [-0.25, -0.2) is 0 Å². The minimum Gasteiger partial charge on any atom is -0.109 e. The predicted octanol–water partition coefficient (Wildman–Crippen LogP) is 4.46. The van der Waals surface area contributed by atoms with Crippen LogP contribution in [0.25, 0.3) is 0 Å². The van der Waals surface area contributed by atoms with Crippen molar-refractivity contribution in [2.75, 3.05) is 5.34 Å². The molecule has 0 aromatic rings. The van der Waals surface area contributed by atoms with E-state index in [4.69, 9.17) is 23.2 Å². The lowest BCUT2D eigenvalue weighted by molar-refractivity contribution is 0.702. The van der Waals surface area contributed by atoms with Gasteiger partial charge in [0, 0.05) is 0 Å². The molecule has 0 amide bonds. The van der Waals surface area contributed by atoms with Gasteiger partial charge in [0.2, 0.25) is 0 Å². The van der Waals surface area contributed by atoms with E-state index >= 15 is 0 Å². The Morgan fingerprint density at radius 1 is 0.900 bits per heavy atom. The maximum atomic E-state index is 4.76. The van der Waals surface area contributed by atoms with Crippen molar-refractivity contribution in [1.82, 2.24) is 0 Å². The van der Waals surface area contributed by atoms with E-state index in [1.54, 1.807) is 0 Å². The summed E-state index contributed by atoms with van der Waals surface area (Å²) in [4.78, 5) is 0. The Labute approximate surface area is 75.9 Å². The monoisotopic (exact) mass is 185 g/mol. The van der Waals surface area contributed by atoms with Crippen molar-refractivity contribution in [3.8, 4) is 0 Å². The Balaban J connectivity index is -0.000000107. The topological polar surface area (TPSA) is 0 Å². The molecule has 0 rings (SSSR count). The van der Waals surface area contributed by atoms with Gasteiger partial charge in [0.05, 0.1) is 5.34 Å². The first-order valence-electron chi connectivity index (χ1n) is 3.45. The van der Waals surface area contributed by atoms with Gasteiger partial charge in [0.15, 0.2) is 0 Å². The van der Waals surface area contributed by atoms with E-state index in [1.807, 2.05) is 0 Å². The summed E-state index contributed by atoms with van der Waals surface area (Å²) in [7, 11) is 0. The quantitative estimate of drug-likeness (QED) is 0.451. The summed E-state index contributed by atoms with van der Waals surface area (Å²) in [5.74, 6) is 0. The molecule has 0 fully saturated rings. The summed E-state index contributed by atoms with van der Waals surface area (Å²) in [5.41, 5.74) is 0. The Hall–Kier alpha value is 0.580. The molecule has 0 N–H and O–H groups in total. The molecule has 0 aliphatic rings. The molecule has 0 nitrogen and oxygen atoms in total. The predicted molar refractivity (Wildman–Crippen MR) is 52.8 cm³/mol. The second-order valence-electron chi connectivity index (χ2n) is 1.81. The summed E-state index contributed by atoms with van der Waals surface area (Å²) in [6, 6.07) is 0. The van der Waals surface area contributed by atoms with Crippen molar-refractivity contribution in [3.63, 3.8) is 0 Å². The van der Waals surface area contributed by atoms with E-state index in [0.717, 1.165) is 0 Å². The van der Waals surface area contributed by atoms with Crippen LogP contribution in [0.5, 0.6) is 0 Å². The van der Waals surface area contributed by atoms with Crippen LogP contribution in [-0.4, -0.2) is 5.34 Å². The summed E-state index contributed by atoms with van der Waals surface area (Å²) in [5, 5.41) is 0.194. The molecule has 0 aliphatic carbocycles. The van der Waals surface area contributed by atoms with Gasteiger partial charge in [0.1, 0.15) is 0 Å². The van der Waals surface area contributed by atoms with Crippen LogP contribution in [0.4, 0.5) is 0 Å². The molecule has 0 aliphatic heterocycles. The van der Waals surface area contributed by atoms with Crippen LogP contribution in [-0.2, 0) is 0 Å². The fraction of sp³-hybridized carbons (Fsp3) is 0.875. The zero-order valence-electron chi connectivity index (χ0n) is 7.29. The maximum absolute atomic E-state index is 4.76. The second-order valence-corrected chi connectivity index (χ2v) is 2.62. The molecule has 0 bridgehead atoms. The molecule has 0 spiro atoms. The second kappa shape index (κ2) is 22.7. The molecule has 0 saturated carbocycles. The Morgan fingerprint density at radius 3 is 1.20 bits per heavy atom. The summed E-state index contributed by atoms with van der Waals surface area (Å²) in [6.45, 7) is 4.46. The van der Waals surface area contributed by atoms with Crippen molar-refractivity contribution in [2.45, 2.75) is 39.5 Å². The maximum Gasteiger partial charge on any atom is 0.0967 e. The fourth-order valence-electron chi connectivity index (χ4n) is 0.500. The van der Waals surface area contributed by atoms with E-state index in [1.165, 1.54) is 25.7 Å². The third kappa shape index (κ3) is 38.5. The molecular weight excluding hydrogens is 167 g/mol. The zero-order chi connectivity index (χ0) is 7.54. The SMILES string of the molecule is CCCCCC.ClCCl.[CH3]. The van der Waals surface area contributed by atoms with Gasteiger partial charge in [-0.15, -0.1) is 23.2 Å². The number of hydrogen-bond acceptors (Lipinski definition) is 0. The number of rotatable bonds is 3. The molecule has 65 valence electrons. The van der Waals surface area contributed by atoms with Crippen LogP contribution in [0.15, 0.2) is 0 Å². The van der Waals surface area contributed by atoms with Crippen LogP contribution in [0.3, 0.4) is 0 Å². The van der Waals surface area contributed by atoms with Gasteiger partial charge in [-0.1, -0.05) is 47.0 Å². The van der Waals surface area contributed by atoms with Gasteiger partial charge >= 0.3 is 0 Å². The van der Waals surface area contributed by atoms with Crippen molar-refractivity contribution < 1.29 is 0 Å². The molecule has 0 heterocycles. The van der Waals surface area contributed by atoms with Crippen molar-refractivity contribution in [2.24, 2.45) is 0 Å². The minimum absolute atomic E-state index is 0. The lowest BCUT2D eigenvalue weighted by atomic mass is 10.2. The molecule has 0 saturated heterocycles. The van der Waals surface area contributed by atoms with E-state index in [-0.39, 0.29) is 12.8 Å². The summed E-state index contributed by atoms with van der Waals surface area (Å²) < 4.78 is 0. The van der Waals surface area contributed by atoms with E-state index in [2.05, 4.69) is 13.8 Å². The average Bonchev–Trinajstić information content (AvgIpc) is 1.86. The lowest BCUT2D eigenvalue weighted by Crippen LogP contribution is -1.66. The highest BCUT2D eigenvalue weighted by Crippen LogP contribution is 1.95. The standard InChI is InChI=1S/C6H14.CH2Cl2.CH3/c1-3-5-6-4-2;2-1-3;/h3-6H2,1-2H3;1H2;1H3. The minimum atomic E-state index is 0. The largest absolute Gasteiger partial charge is 0.109 e. The molecule has 0 aromatic carbocycles. The van der Waals surface area contributed by atoms with Gasteiger partial charge in [0.25, 0.3) is 0 Å². The van der Waals surface area contributed by atoms with E-state index < -0.39 is 0 Å². The molecule has 0 unspecified atom stereocenters. The van der Waals surface area contributed by atoms with Gasteiger partial charge in [-0.3, -0.25) is 0 Å². The van der Waals surface area contributed by atoms with Gasteiger partial charge < -0.3 is 0 Å². The molecule has 1 radical (unpaired) electrons. The molecule has 0 atom stereocenters. The van der Waals surface area contributed by atoms with Gasteiger partial charge in [-0.2, -0.15) is 0 Å². The van der Waals surface area contributed by atoms with Crippen LogP contribution >= 0.6 is 23.2 Å². The Bertz CT molecular complexity index is 26.4. The van der Waals surface area contributed by atoms with Crippen molar-refractivity contribution >= 4 is 23.2 Å². The molecule has 2 heteroatoms. The summed E-state index contributed by atoms with van der Waals surface area (Å²) >= 11 is 9.53. The first-order chi connectivity index (χ1) is 4.33. The number of hydrogen-bond donors (Lipinski definition) is 0. The van der Waals surface area contributed by atoms with Gasteiger partial charge in [-0.05, 0) is 0 Å². The Kier molecular flexibility index (Phi) is 38.3. The molecular formula is C8H19Cl2. The third-order valence-corrected chi connectivity index (χ3v) is 0.957. The van der Waals surface area contributed by atoms with Crippen molar-refractivity contribution in [3.05, 3.63) is 7.43 Å². The van der Waals surface area contributed by atoms with E-state index in [9.17, 15) is 0 Å². The highest BCUT2D eigenvalue weighted by Gasteiger charge is 1.75. The fourth-order valence-corrected chi connectivity index (χ4v) is 0.500. The van der Waals surface area contributed by atoms with Crippen LogP contribution in [0, 0.1) is 7.43 Å². The smallest absolute Gasteiger partial charge is 0.0967 e. The zero-order valence-corrected chi connectivity index (χ0v) is 8.80. The normalized spacial score (nSPS) is 7.20. The van der Waals surface area contributed by atoms with Crippen molar-refractivity contribution in [1.29, 1.82) is 0 Å². The van der Waals surface area contributed by atoms with E-state index in [0.29, 0.717) is 0 Å². The third-order valence-electron chi connectivity index (χ3n) is 0.957. The summed E-state index contributed by atoms with van der Waals surface area (Å²) in [6.07, 6.45) is 5.54. The Morgan fingerprint density at radius 2 is 1.10 bits per heavy atom. The highest BCUT2D eigenvalue weighted by molar-refractivity contribution is 6.40. The molecule has 10 heavy (non-hydrogen) atoms. The first-order valence-corrected chi connectivity index (χ1v) is 4.52.